The number of hydrogen-bond donors (Lipinski definition) is 1. The van der Waals surface area contributed by atoms with E-state index in [1.54, 1.807) is 34.9 Å². The van der Waals surface area contributed by atoms with E-state index in [0.717, 1.165) is 36.1 Å². The van der Waals surface area contributed by atoms with Crippen LogP contribution in [0, 0.1) is 0 Å². The quantitative estimate of drug-likeness (QED) is 0.342. The third kappa shape index (κ3) is 3.48. The van der Waals surface area contributed by atoms with Crippen LogP contribution < -0.4 is 5.32 Å². The van der Waals surface area contributed by atoms with Crippen LogP contribution in [-0.4, -0.2) is 4.98 Å². The molecule has 4 aromatic rings. The second-order valence-corrected chi connectivity index (χ2v) is 9.53. The molecule has 0 fully saturated rings. The van der Waals surface area contributed by atoms with Crippen LogP contribution in [-0.2, 0) is 0 Å². The molecule has 6 heteroatoms. The minimum absolute atomic E-state index is 0.745. The summed E-state index contributed by atoms with van der Waals surface area (Å²) >= 11 is 11.3. The Morgan fingerprint density at radius 1 is 0.926 bits per heavy atom. The fourth-order valence-electron chi connectivity index (χ4n) is 2.80. The summed E-state index contributed by atoms with van der Waals surface area (Å²) in [4.78, 5) is 8.41. The summed E-state index contributed by atoms with van der Waals surface area (Å²) < 4.78 is 1.20. The zero-order valence-electron chi connectivity index (χ0n) is 14.0. The standard InChI is InChI=1S/C21H13ClN2S3/c22-13-9-11-14(12-10-13)25-19(20-23-15-5-1-3-7-17(15)26-20)21-24-16-6-2-4-8-18(16)27-21/h1-12,23H/b20-19-. The van der Waals surface area contributed by atoms with Crippen molar-refractivity contribution in [1.29, 1.82) is 0 Å². The third-order valence-corrected chi connectivity index (χ3v) is 7.84. The van der Waals surface area contributed by atoms with E-state index >= 15 is 0 Å². The van der Waals surface area contributed by atoms with Crippen molar-refractivity contribution in [2.75, 3.05) is 5.32 Å². The minimum Gasteiger partial charge on any atom is -0.348 e. The maximum Gasteiger partial charge on any atom is 0.134 e. The van der Waals surface area contributed by atoms with Crippen LogP contribution in [0.15, 0.2) is 87.6 Å². The molecule has 1 aliphatic rings. The lowest BCUT2D eigenvalue weighted by Gasteiger charge is -2.09. The molecule has 0 atom stereocenters. The lowest BCUT2D eigenvalue weighted by Crippen LogP contribution is -1.93. The lowest BCUT2D eigenvalue weighted by molar-refractivity contribution is 1.43. The number of anilines is 1. The van der Waals surface area contributed by atoms with E-state index in [2.05, 4.69) is 47.8 Å². The number of halogens is 1. The van der Waals surface area contributed by atoms with Crippen LogP contribution in [0.3, 0.4) is 0 Å². The SMILES string of the molecule is Clc1ccc(S/C(=C2/Nc3ccccc3S2)c2nc3ccccc3s2)cc1. The van der Waals surface area contributed by atoms with Gasteiger partial charge in [0.25, 0.3) is 0 Å². The molecule has 0 saturated heterocycles. The predicted molar refractivity (Wildman–Crippen MR) is 120 cm³/mol. The molecule has 0 radical (unpaired) electrons. The number of nitrogens with one attached hydrogen (secondary N) is 1. The Balaban J connectivity index is 1.61. The highest BCUT2D eigenvalue weighted by atomic mass is 35.5. The van der Waals surface area contributed by atoms with Gasteiger partial charge in [0.1, 0.15) is 5.01 Å². The van der Waals surface area contributed by atoms with Crippen molar-refractivity contribution in [2.24, 2.45) is 0 Å². The van der Waals surface area contributed by atoms with Crippen LogP contribution in [0.25, 0.3) is 15.1 Å². The number of benzene rings is 3. The molecule has 0 saturated carbocycles. The molecule has 3 aromatic carbocycles. The van der Waals surface area contributed by atoms with E-state index in [1.165, 1.54) is 9.60 Å². The number of thiazole rings is 1. The van der Waals surface area contributed by atoms with Crippen LogP contribution in [0.4, 0.5) is 5.69 Å². The Kier molecular flexibility index (Phi) is 4.61. The van der Waals surface area contributed by atoms with E-state index in [4.69, 9.17) is 16.6 Å². The lowest BCUT2D eigenvalue weighted by atomic mass is 10.3. The van der Waals surface area contributed by atoms with E-state index in [-0.39, 0.29) is 0 Å². The van der Waals surface area contributed by atoms with E-state index in [0.29, 0.717) is 0 Å². The molecular formula is C21H13ClN2S3. The van der Waals surface area contributed by atoms with Crippen LogP contribution in [0.2, 0.25) is 5.02 Å². The van der Waals surface area contributed by atoms with Gasteiger partial charge in [0.2, 0.25) is 0 Å². The molecule has 0 unspecified atom stereocenters. The third-order valence-electron chi connectivity index (χ3n) is 4.08. The smallest absolute Gasteiger partial charge is 0.134 e. The number of rotatable bonds is 3. The van der Waals surface area contributed by atoms with Crippen LogP contribution >= 0.6 is 46.5 Å². The van der Waals surface area contributed by atoms with Gasteiger partial charge in [0.05, 0.1) is 25.8 Å². The maximum absolute atomic E-state index is 6.06. The van der Waals surface area contributed by atoms with Gasteiger partial charge in [-0.05, 0) is 48.5 Å². The number of para-hydroxylation sites is 2. The first-order valence-electron chi connectivity index (χ1n) is 8.34. The zero-order valence-corrected chi connectivity index (χ0v) is 17.2. The fourth-order valence-corrected chi connectivity index (χ4v) is 6.13. The molecule has 0 amide bonds. The number of thioether (sulfide) groups is 2. The number of aromatic nitrogens is 1. The van der Waals surface area contributed by atoms with Crippen LogP contribution in [0.1, 0.15) is 5.01 Å². The van der Waals surface area contributed by atoms with E-state index in [9.17, 15) is 0 Å². The largest absolute Gasteiger partial charge is 0.348 e. The summed E-state index contributed by atoms with van der Waals surface area (Å²) in [6.07, 6.45) is 0. The van der Waals surface area contributed by atoms with Gasteiger partial charge < -0.3 is 5.32 Å². The minimum atomic E-state index is 0.745. The first kappa shape index (κ1) is 17.2. The average molecular weight is 425 g/mol. The van der Waals surface area contributed by atoms with Crippen molar-refractivity contribution < 1.29 is 0 Å². The topological polar surface area (TPSA) is 24.9 Å². The van der Waals surface area contributed by atoms with Gasteiger partial charge in [-0.3, -0.25) is 0 Å². The Morgan fingerprint density at radius 2 is 1.70 bits per heavy atom. The number of fused-ring (bicyclic) bond motifs is 2. The summed E-state index contributed by atoms with van der Waals surface area (Å²) in [7, 11) is 0. The van der Waals surface area contributed by atoms with E-state index < -0.39 is 0 Å². The highest BCUT2D eigenvalue weighted by Gasteiger charge is 2.23. The van der Waals surface area contributed by atoms with Gasteiger partial charge in [-0.25, -0.2) is 4.98 Å². The maximum atomic E-state index is 6.06. The van der Waals surface area contributed by atoms with Crippen LogP contribution in [0.5, 0.6) is 0 Å². The van der Waals surface area contributed by atoms with E-state index in [1.807, 2.05) is 30.3 Å². The van der Waals surface area contributed by atoms with Gasteiger partial charge in [0.15, 0.2) is 0 Å². The summed E-state index contributed by atoms with van der Waals surface area (Å²) in [5.74, 6) is 0. The van der Waals surface area contributed by atoms with Gasteiger partial charge >= 0.3 is 0 Å². The molecule has 0 bridgehead atoms. The monoisotopic (exact) mass is 424 g/mol. The summed E-state index contributed by atoms with van der Waals surface area (Å²) in [5.41, 5.74) is 2.18. The molecular weight excluding hydrogens is 412 g/mol. The fraction of sp³-hybridized carbons (Fsp3) is 0. The molecule has 2 heterocycles. The van der Waals surface area contributed by atoms with Crippen molar-refractivity contribution in [3.05, 3.63) is 87.9 Å². The first-order chi connectivity index (χ1) is 13.3. The van der Waals surface area contributed by atoms with Crippen molar-refractivity contribution in [3.8, 4) is 0 Å². The zero-order chi connectivity index (χ0) is 18.2. The second kappa shape index (κ2) is 7.24. The van der Waals surface area contributed by atoms with Crippen molar-refractivity contribution in [2.45, 2.75) is 9.79 Å². The first-order valence-corrected chi connectivity index (χ1v) is 11.2. The molecule has 2 nitrogen and oxygen atoms in total. The predicted octanol–water partition coefficient (Wildman–Crippen LogP) is 7.59. The van der Waals surface area contributed by atoms with Crippen molar-refractivity contribution in [1.82, 2.24) is 4.98 Å². The van der Waals surface area contributed by atoms with Crippen molar-refractivity contribution >= 4 is 67.3 Å². The molecule has 0 aliphatic carbocycles. The Bertz CT molecular complexity index is 1110. The van der Waals surface area contributed by atoms with Gasteiger partial charge in [-0.2, -0.15) is 0 Å². The van der Waals surface area contributed by atoms with Gasteiger partial charge in [-0.1, -0.05) is 59.4 Å². The normalized spacial score (nSPS) is 14.9. The van der Waals surface area contributed by atoms with Gasteiger partial charge in [-0.15, -0.1) is 11.3 Å². The van der Waals surface area contributed by atoms with Crippen molar-refractivity contribution in [3.63, 3.8) is 0 Å². The number of nitrogens with zero attached hydrogens (tertiary/aromatic N) is 1. The average Bonchev–Trinajstić information content (AvgIpc) is 3.31. The molecule has 1 N–H and O–H groups in total. The van der Waals surface area contributed by atoms with Gasteiger partial charge in [0, 0.05) is 14.8 Å². The Labute approximate surface area is 174 Å². The molecule has 1 aliphatic heterocycles. The highest BCUT2D eigenvalue weighted by Crippen LogP contribution is 2.49. The summed E-state index contributed by atoms with van der Waals surface area (Å²) in [6.45, 7) is 0. The molecule has 132 valence electrons. The Morgan fingerprint density at radius 3 is 2.52 bits per heavy atom. The number of hydrogen-bond acceptors (Lipinski definition) is 5. The summed E-state index contributed by atoms with van der Waals surface area (Å²) in [6, 6.07) is 24.6. The second-order valence-electron chi connectivity index (χ2n) is 5.92. The Hall–Kier alpha value is -1.92. The molecule has 27 heavy (non-hydrogen) atoms. The molecule has 1 aromatic heterocycles. The molecule has 0 spiro atoms. The highest BCUT2D eigenvalue weighted by molar-refractivity contribution is 8.11. The summed E-state index contributed by atoms with van der Waals surface area (Å²) in [5, 5.41) is 6.46. The molecule has 5 rings (SSSR count).